The van der Waals surface area contributed by atoms with E-state index in [1.54, 1.807) is 0 Å². The minimum atomic E-state index is -1.14. The Balaban J connectivity index is 2.22. The van der Waals surface area contributed by atoms with Gasteiger partial charge in [0, 0.05) is 0 Å². The van der Waals surface area contributed by atoms with Crippen molar-refractivity contribution in [2.24, 2.45) is 5.73 Å². The van der Waals surface area contributed by atoms with Crippen molar-refractivity contribution in [3.63, 3.8) is 0 Å². The fourth-order valence-corrected chi connectivity index (χ4v) is 1.60. The molecule has 0 aliphatic rings. The van der Waals surface area contributed by atoms with E-state index in [1.807, 2.05) is 31.2 Å². The van der Waals surface area contributed by atoms with Gasteiger partial charge < -0.3 is 15.6 Å². The summed E-state index contributed by atoms with van der Waals surface area (Å²) in [6, 6.07) is 7.85. The molecular weight excluding hydrogens is 230 g/mol. The summed E-state index contributed by atoms with van der Waals surface area (Å²) >= 11 is 0. The standard InChI is InChI=1S/C14H21NO3/c1-11-6-5-7-12(10-11)18-9-4-3-8-14(2,15)13(16)17/h5-7,10H,3-4,8-9,15H2,1-2H3,(H,16,17). The lowest BCUT2D eigenvalue weighted by molar-refractivity contribution is -0.142. The molecule has 4 heteroatoms. The lowest BCUT2D eigenvalue weighted by Gasteiger charge is -2.18. The Morgan fingerprint density at radius 1 is 1.44 bits per heavy atom. The Morgan fingerprint density at radius 2 is 2.17 bits per heavy atom. The maximum atomic E-state index is 10.8. The lowest BCUT2D eigenvalue weighted by Crippen LogP contribution is -2.44. The second-order valence-electron chi connectivity index (χ2n) is 4.84. The zero-order valence-corrected chi connectivity index (χ0v) is 11.0. The van der Waals surface area contributed by atoms with Gasteiger partial charge in [-0.05, 0) is 50.8 Å². The predicted octanol–water partition coefficient (Wildman–Crippen LogP) is 2.35. The van der Waals surface area contributed by atoms with Crippen LogP contribution in [0.25, 0.3) is 0 Å². The van der Waals surface area contributed by atoms with Crippen LogP contribution in [0.3, 0.4) is 0 Å². The molecule has 0 heterocycles. The normalized spacial score (nSPS) is 13.9. The molecule has 0 saturated heterocycles. The number of aliphatic carboxylic acids is 1. The molecule has 100 valence electrons. The SMILES string of the molecule is Cc1cccc(OCCCCC(C)(N)C(=O)O)c1. The number of carbonyl (C=O) groups is 1. The van der Waals surface area contributed by atoms with Gasteiger partial charge in [0.1, 0.15) is 11.3 Å². The van der Waals surface area contributed by atoms with Crippen LogP contribution in [0.2, 0.25) is 0 Å². The van der Waals surface area contributed by atoms with E-state index in [4.69, 9.17) is 15.6 Å². The molecule has 0 amide bonds. The molecule has 1 aromatic carbocycles. The smallest absolute Gasteiger partial charge is 0.323 e. The summed E-state index contributed by atoms with van der Waals surface area (Å²) in [7, 11) is 0. The van der Waals surface area contributed by atoms with Crippen LogP contribution < -0.4 is 10.5 Å². The highest BCUT2D eigenvalue weighted by molar-refractivity contribution is 5.77. The van der Waals surface area contributed by atoms with Crippen molar-refractivity contribution in [3.05, 3.63) is 29.8 Å². The summed E-state index contributed by atoms with van der Waals surface area (Å²) in [6.45, 7) is 4.13. The molecule has 1 rings (SSSR count). The Morgan fingerprint density at radius 3 is 2.78 bits per heavy atom. The number of nitrogens with two attached hydrogens (primary N) is 1. The summed E-state index contributed by atoms with van der Waals surface area (Å²) in [5, 5.41) is 8.85. The fourth-order valence-electron chi connectivity index (χ4n) is 1.60. The van der Waals surface area contributed by atoms with Gasteiger partial charge in [-0.2, -0.15) is 0 Å². The van der Waals surface area contributed by atoms with Crippen molar-refractivity contribution in [2.45, 2.75) is 38.6 Å². The number of carboxylic acids is 1. The molecular formula is C14H21NO3. The summed E-state index contributed by atoms with van der Waals surface area (Å²) in [5.41, 5.74) is 5.66. The highest BCUT2D eigenvalue weighted by Crippen LogP contribution is 2.14. The van der Waals surface area contributed by atoms with Crippen LogP contribution in [-0.2, 0) is 4.79 Å². The van der Waals surface area contributed by atoms with Crippen LogP contribution in [0.4, 0.5) is 0 Å². The van der Waals surface area contributed by atoms with Crippen LogP contribution in [0.15, 0.2) is 24.3 Å². The highest BCUT2D eigenvalue weighted by Gasteiger charge is 2.26. The molecule has 3 N–H and O–H groups in total. The van der Waals surface area contributed by atoms with Gasteiger partial charge in [0.15, 0.2) is 0 Å². The molecule has 1 aromatic rings. The fraction of sp³-hybridized carbons (Fsp3) is 0.500. The minimum Gasteiger partial charge on any atom is -0.494 e. The van der Waals surface area contributed by atoms with Gasteiger partial charge in [0.05, 0.1) is 6.61 Å². The van der Waals surface area contributed by atoms with Crippen molar-refractivity contribution in [1.82, 2.24) is 0 Å². The number of aryl methyl sites for hydroxylation is 1. The molecule has 0 aromatic heterocycles. The molecule has 0 saturated carbocycles. The zero-order chi connectivity index (χ0) is 13.6. The highest BCUT2D eigenvalue weighted by atomic mass is 16.5. The Hall–Kier alpha value is -1.55. The Labute approximate surface area is 108 Å². The average Bonchev–Trinajstić information content (AvgIpc) is 2.28. The first-order valence-electron chi connectivity index (χ1n) is 6.13. The van der Waals surface area contributed by atoms with Crippen molar-refractivity contribution in [1.29, 1.82) is 0 Å². The monoisotopic (exact) mass is 251 g/mol. The first kappa shape index (κ1) is 14.5. The topological polar surface area (TPSA) is 72.5 Å². The quantitative estimate of drug-likeness (QED) is 0.730. The van der Waals surface area contributed by atoms with Gasteiger partial charge in [-0.3, -0.25) is 4.79 Å². The Bertz CT molecular complexity index is 402. The van der Waals surface area contributed by atoms with Crippen LogP contribution in [0.5, 0.6) is 5.75 Å². The molecule has 18 heavy (non-hydrogen) atoms. The van der Waals surface area contributed by atoms with Crippen LogP contribution in [0, 0.1) is 6.92 Å². The van der Waals surface area contributed by atoms with Crippen LogP contribution in [-0.4, -0.2) is 23.2 Å². The third-order valence-electron chi connectivity index (χ3n) is 2.84. The van der Waals surface area contributed by atoms with E-state index in [0.717, 1.165) is 24.2 Å². The molecule has 0 fully saturated rings. The number of benzene rings is 1. The molecule has 0 aliphatic heterocycles. The molecule has 4 nitrogen and oxygen atoms in total. The van der Waals surface area contributed by atoms with Gasteiger partial charge in [-0.15, -0.1) is 0 Å². The van der Waals surface area contributed by atoms with E-state index in [-0.39, 0.29) is 0 Å². The maximum Gasteiger partial charge on any atom is 0.323 e. The van der Waals surface area contributed by atoms with E-state index in [1.165, 1.54) is 6.92 Å². The molecule has 0 aliphatic carbocycles. The second-order valence-corrected chi connectivity index (χ2v) is 4.84. The maximum absolute atomic E-state index is 10.8. The molecule has 0 spiro atoms. The first-order chi connectivity index (χ1) is 8.42. The minimum absolute atomic E-state index is 0.458. The van der Waals surface area contributed by atoms with E-state index < -0.39 is 11.5 Å². The van der Waals surface area contributed by atoms with E-state index in [0.29, 0.717) is 13.0 Å². The van der Waals surface area contributed by atoms with Gasteiger partial charge in [-0.1, -0.05) is 12.1 Å². The second kappa shape index (κ2) is 6.40. The number of ether oxygens (including phenoxy) is 1. The third-order valence-corrected chi connectivity index (χ3v) is 2.84. The molecule has 1 unspecified atom stereocenters. The summed E-state index contributed by atoms with van der Waals surface area (Å²) in [4.78, 5) is 10.8. The summed E-state index contributed by atoms with van der Waals surface area (Å²) in [6.07, 6.45) is 2.00. The predicted molar refractivity (Wildman–Crippen MR) is 70.8 cm³/mol. The number of rotatable bonds is 7. The van der Waals surface area contributed by atoms with Crippen molar-refractivity contribution < 1.29 is 14.6 Å². The largest absolute Gasteiger partial charge is 0.494 e. The van der Waals surface area contributed by atoms with Gasteiger partial charge in [0.2, 0.25) is 0 Å². The van der Waals surface area contributed by atoms with Crippen molar-refractivity contribution in [2.75, 3.05) is 6.61 Å². The van der Waals surface area contributed by atoms with Gasteiger partial charge >= 0.3 is 5.97 Å². The summed E-state index contributed by atoms with van der Waals surface area (Å²) < 4.78 is 5.57. The number of carboxylic acid groups (broad SMARTS) is 1. The molecule has 0 radical (unpaired) electrons. The zero-order valence-electron chi connectivity index (χ0n) is 11.0. The number of hydrogen-bond donors (Lipinski definition) is 2. The number of hydrogen-bond acceptors (Lipinski definition) is 3. The third kappa shape index (κ3) is 4.75. The Kier molecular flexibility index (Phi) is 5.16. The van der Waals surface area contributed by atoms with E-state index in [2.05, 4.69) is 0 Å². The lowest BCUT2D eigenvalue weighted by atomic mass is 9.97. The van der Waals surface area contributed by atoms with Crippen molar-refractivity contribution >= 4 is 5.97 Å². The molecule has 1 atom stereocenters. The van der Waals surface area contributed by atoms with Gasteiger partial charge in [0.25, 0.3) is 0 Å². The average molecular weight is 251 g/mol. The molecule has 0 bridgehead atoms. The van der Waals surface area contributed by atoms with E-state index >= 15 is 0 Å². The van der Waals surface area contributed by atoms with Crippen LogP contribution >= 0.6 is 0 Å². The summed E-state index contributed by atoms with van der Waals surface area (Å²) in [5.74, 6) is -0.106. The van der Waals surface area contributed by atoms with Crippen LogP contribution in [0.1, 0.15) is 31.7 Å². The van der Waals surface area contributed by atoms with E-state index in [9.17, 15) is 4.79 Å². The first-order valence-corrected chi connectivity index (χ1v) is 6.13. The van der Waals surface area contributed by atoms with Crippen molar-refractivity contribution in [3.8, 4) is 5.75 Å². The van der Waals surface area contributed by atoms with Gasteiger partial charge in [-0.25, -0.2) is 0 Å². The number of unbranched alkanes of at least 4 members (excludes halogenated alkanes) is 1.